The molecule has 0 radical (unpaired) electrons. The van der Waals surface area contributed by atoms with Crippen LogP contribution in [0.4, 0.5) is 0 Å². The van der Waals surface area contributed by atoms with Crippen molar-refractivity contribution in [3.05, 3.63) is 34.3 Å². The quantitative estimate of drug-likeness (QED) is 0.484. The van der Waals surface area contributed by atoms with Crippen molar-refractivity contribution in [3.8, 4) is 0 Å². The average molecular weight is 297 g/mol. The molecular weight excluding hydrogens is 264 g/mol. The monoisotopic (exact) mass is 296 g/mol. The van der Waals surface area contributed by atoms with Crippen LogP contribution in [-0.4, -0.2) is 0 Å². The molecule has 1 rings (SSSR count). The summed E-state index contributed by atoms with van der Waals surface area (Å²) in [6.07, 6.45) is 0. The lowest BCUT2D eigenvalue weighted by Gasteiger charge is -2.24. The summed E-state index contributed by atoms with van der Waals surface area (Å²) in [5, 5.41) is 0.884. The van der Waals surface area contributed by atoms with Gasteiger partial charge in [-0.25, -0.2) is 0 Å². The van der Waals surface area contributed by atoms with Crippen LogP contribution < -0.4 is 0 Å². The van der Waals surface area contributed by atoms with Gasteiger partial charge < -0.3 is 0 Å². The highest BCUT2D eigenvalue weighted by Crippen LogP contribution is 2.33. The molecule has 0 fully saturated rings. The summed E-state index contributed by atoms with van der Waals surface area (Å²) >= 11 is 6.32. The Bertz CT molecular complexity index is 417. The van der Waals surface area contributed by atoms with E-state index in [0.29, 0.717) is 5.41 Å². The van der Waals surface area contributed by atoms with Crippen molar-refractivity contribution in [3.63, 3.8) is 0 Å². The van der Waals surface area contributed by atoms with E-state index in [-0.39, 0.29) is 10.8 Å². The molecule has 20 heavy (non-hydrogen) atoms. The second-order valence-electron chi connectivity index (χ2n) is 9.19. The van der Waals surface area contributed by atoms with Crippen molar-refractivity contribution >= 4 is 11.6 Å². The second-order valence-corrected chi connectivity index (χ2v) is 9.60. The number of hydrogen-bond donors (Lipinski definition) is 0. The van der Waals surface area contributed by atoms with Gasteiger partial charge in [-0.15, -0.1) is 0 Å². The number of rotatable bonds is 0. The highest BCUT2D eigenvalue weighted by atomic mass is 35.5. The van der Waals surface area contributed by atoms with E-state index >= 15 is 0 Å². The summed E-state index contributed by atoms with van der Waals surface area (Å²) in [7, 11) is 0. The molecule has 0 aromatic heterocycles. The van der Waals surface area contributed by atoms with Crippen LogP contribution in [0.3, 0.4) is 0 Å². The van der Waals surface area contributed by atoms with Crippen LogP contribution in [0.15, 0.2) is 18.2 Å². The minimum atomic E-state index is 0.119. The molecule has 116 valence electrons. The Morgan fingerprint density at radius 1 is 0.700 bits per heavy atom. The summed E-state index contributed by atoms with van der Waals surface area (Å²) in [5.41, 5.74) is 3.30. The topological polar surface area (TPSA) is 0 Å². The van der Waals surface area contributed by atoms with Gasteiger partial charge in [-0.2, -0.15) is 0 Å². The maximum absolute atomic E-state index is 6.32. The number of benzene rings is 1. The van der Waals surface area contributed by atoms with Crippen LogP contribution >= 0.6 is 11.6 Å². The van der Waals surface area contributed by atoms with Crippen molar-refractivity contribution in [2.75, 3.05) is 0 Å². The molecule has 0 unspecified atom stereocenters. The molecule has 1 heteroatoms. The van der Waals surface area contributed by atoms with Gasteiger partial charge in [-0.1, -0.05) is 93.0 Å². The summed E-state index contributed by atoms with van der Waals surface area (Å²) in [4.78, 5) is 0. The van der Waals surface area contributed by atoms with Gasteiger partial charge in [0.25, 0.3) is 0 Å². The minimum Gasteiger partial charge on any atom is -0.0840 e. The zero-order valence-corrected chi connectivity index (χ0v) is 15.9. The Morgan fingerprint density at radius 2 is 1.10 bits per heavy atom. The molecule has 0 aliphatic carbocycles. The van der Waals surface area contributed by atoms with Crippen LogP contribution in [0.25, 0.3) is 0 Å². The van der Waals surface area contributed by atoms with E-state index < -0.39 is 0 Å². The Hall–Kier alpha value is -0.490. The SMILES string of the molecule is CC(C)(C)C.CC(C)(C)c1ccc(C(C)(C)C)c(Cl)c1. The van der Waals surface area contributed by atoms with E-state index in [0.717, 1.165) is 5.02 Å². The first-order valence-corrected chi connectivity index (χ1v) is 7.80. The lowest BCUT2D eigenvalue weighted by atomic mass is 9.82. The summed E-state index contributed by atoms with van der Waals surface area (Å²) < 4.78 is 0. The van der Waals surface area contributed by atoms with Crippen LogP contribution in [0.1, 0.15) is 80.4 Å². The van der Waals surface area contributed by atoms with Gasteiger partial charge in [0.05, 0.1) is 0 Å². The van der Waals surface area contributed by atoms with Gasteiger partial charge in [0.15, 0.2) is 0 Å². The molecular formula is C19H33Cl. The predicted octanol–water partition coefficient (Wildman–Crippen LogP) is 6.99. The Labute approximate surface area is 131 Å². The first kappa shape index (κ1) is 19.5. The number of halogens is 1. The van der Waals surface area contributed by atoms with E-state index in [4.69, 9.17) is 11.6 Å². The maximum atomic E-state index is 6.32. The van der Waals surface area contributed by atoms with Crippen LogP contribution in [0, 0.1) is 5.41 Å². The molecule has 1 aromatic rings. The van der Waals surface area contributed by atoms with Gasteiger partial charge in [-0.05, 0) is 33.4 Å². The fourth-order valence-electron chi connectivity index (χ4n) is 1.59. The van der Waals surface area contributed by atoms with Gasteiger partial charge in [0, 0.05) is 5.02 Å². The van der Waals surface area contributed by atoms with Crippen LogP contribution in [0.5, 0.6) is 0 Å². The molecule has 1 aromatic carbocycles. The van der Waals surface area contributed by atoms with Gasteiger partial charge in [-0.3, -0.25) is 0 Å². The van der Waals surface area contributed by atoms with Gasteiger partial charge in [0.2, 0.25) is 0 Å². The van der Waals surface area contributed by atoms with Crippen LogP contribution in [0.2, 0.25) is 5.02 Å². The van der Waals surface area contributed by atoms with Crippen molar-refractivity contribution < 1.29 is 0 Å². The summed E-state index contributed by atoms with van der Waals surface area (Å²) in [6.45, 7) is 21.9. The Balaban J connectivity index is 0.000000621. The molecule has 0 aliphatic rings. The lowest BCUT2D eigenvalue weighted by molar-refractivity contribution is 0.469. The van der Waals surface area contributed by atoms with E-state index in [1.54, 1.807) is 0 Å². The zero-order chi connectivity index (χ0) is 16.4. The Kier molecular flexibility index (Phi) is 6.36. The third-order valence-corrected chi connectivity index (χ3v) is 2.96. The maximum Gasteiger partial charge on any atom is 0.0446 e. The fraction of sp³-hybridized carbons (Fsp3) is 0.684. The molecule has 0 heterocycles. The molecule has 0 aliphatic heterocycles. The normalized spacial score (nSPS) is 12.8. The fourth-order valence-corrected chi connectivity index (χ4v) is 2.05. The van der Waals surface area contributed by atoms with Crippen LogP contribution in [-0.2, 0) is 10.8 Å². The van der Waals surface area contributed by atoms with E-state index in [9.17, 15) is 0 Å². The van der Waals surface area contributed by atoms with E-state index in [2.05, 4.69) is 87.4 Å². The zero-order valence-electron chi connectivity index (χ0n) is 15.1. The molecule has 0 bridgehead atoms. The first-order chi connectivity index (χ1) is 8.62. The smallest absolute Gasteiger partial charge is 0.0446 e. The molecule has 0 spiro atoms. The van der Waals surface area contributed by atoms with Crippen molar-refractivity contribution in [2.24, 2.45) is 5.41 Å². The van der Waals surface area contributed by atoms with Crippen molar-refractivity contribution in [1.82, 2.24) is 0 Å². The van der Waals surface area contributed by atoms with E-state index in [1.807, 2.05) is 0 Å². The molecule has 0 saturated heterocycles. The molecule has 0 N–H and O–H groups in total. The summed E-state index contributed by atoms with van der Waals surface area (Å²) in [6, 6.07) is 6.44. The average Bonchev–Trinajstić information content (AvgIpc) is 2.10. The number of hydrogen-bond acceptors (Lipinski definition) is 0. The third kappa shape index (κ3) is 7.94. The summed E-state index contributed by atoms with van der Waals surface area (Å²) in [5.74, 6) is 0. The standard InChI is InChI=1S/C14H21Cl.C5H12/c1-13(2,3)10-7-8-11(12(15)9-10)14(4,5)6;1-5(2,3)4/h7-9H,1-6H3;1-4H3. The van der Waals surface area contributed by atoms with Crippen molar-refractivity contribution in [2.45, 2.75) is 80.1 Å². The molecule has 0 saturated carbocycles. The highest BCUT2D eigenvalue weighted by molar-refractivity contribution is 6.31. The second kappa shape index (κ2) is 6.52. The lowest BCUT2D eigenvalue weighted by Crippen LogP contribution is -2.15. The molecule has 0 amide bonds. The molecule has 0 nitrogen and oxygen atoms in total. The van der Waals surface area contributed by atoms with Gasteiger partial charge in [0.1, 0.15) is 0 Å². The first-order valence-electron chi connectivity index (χ1n) is 7.43. The third-order valence-electron chi connectivity index (χ3n) is 2.64. The minimum absolute atomic E-state index is 0.119. The molecule has 0 atom stereocenters. The largest absolute Gasteiger partial charge is 0.0840 e. The predicted molar refractivity (Wildman–Crippen MR) is 94.0 cm³/mol. The highest BCUT2D eigenvalue weighted by Gasteiger charge is 2.20. The van der Waals surface area contributed by atoms with Gasteiger partial charge >= 0.3 is 0 Å². The van der Waals surface area contributed by atoms with Crippen molar-refractivity contribution in [1.29, 1.82) is 0 Å². The van der Waals surface area contributed by atoms with E-state index in [1.165, 1.54) is 11.1 Å². The Morgan fingerprint density at radius 3 is 1.35 bits per heavy atom.